The van der Waals surface area contributed by atoms with E-state index in [1.54, 1.807) is 0 Å². The van der Waals surface area contributed by atoms with E-state index >= 15 is 0 Å². The molecule has 0 unspecified atom stereocenters. The molecule has 10 aromatic rings. The maximum atomic E-state index is 8.24. The number of fused-ring (bicyclic) bond motifs is 5. The molecule has 59 heavy (non-hydrogen) atoms. The van der Waals surface area contributed by atoms with Crippen LogP contribution in [0.2, 0.25) is 0 Å². The van der Waals surface area contributed by atoms with Crippen molar-refractivity contribution in [3.63, 3.8) is 0 Å². The SMILES string of the molecule is [C-]#[N+]c1cccc2c1-c1cc(-c3ccc(-c4nc(-c5ccc6ccccc6c5)nc(-c5ccc6ccccc6c5)n4)cc3)ccc1C2(c1ccccc1)c1ccccc1. The van der Waals surface area contributed by atoms with Gasteiger partial charge in [-0.3, -0.25) is 0 Å². The van der Waals surface area contributed by atoms with E-state index < -0.39 is 5.41 Å². The minimum atomic E-state index is -0.569. The third kappa shape index (κ3) is 5.63. The molecule has 0 fully saturated rings. The first-order valence-corrected chi connectivity index (χ1v) is 19.8. The summed E-state index contributed by atoms with van der Waals surface area (Å²) in [5.41, 5.74) is 11.7. The van der Waals surface area contributed by atoms with Gasteiger partial charge in [-0.05, 0) is 84.3 Å². The van der Waals surface area contributed by atoms with Crippen LogP contribution in [0.1, 0.15) is 22.3 Å². The smallest absolute Gasteiger partial charge is 0.195 e. The van der Waals surface area contributed by atoms with E-state index in [1.165, 1.54) is 27.5 Å². The highest BCUT2D eigenvalue weighted by atomic mass is 15.0. The van der Waals surface area contributed by atoms with Crippen molar-refractivity contribution in [3.8, 4) is 56.4 Å². The first-order chi connectivity index (χ1) is 29.2. The zero-order valence-corrected chi connectivity index (χ0v) is 31.9. The standard InChI is InChI=1S/C55H34N4/c1-56-50-22-12-21-49-51(50)47-35-42(31-32-48(47)55(49,45-17-4-2-5-18-45)46-19-6-3-7-20-46)38-23-27-39(28-24-38)52-57-53(43-29-25-36-13-8-10-15-40(36)33-43)59-54(58-52)44-30-26-37-14-9-11-16-41(37)34-44/h2-35H. The molecular formula is C55H34N4. The molecule has 9 aromatic carbocycles. The van der Waals surface area contributed by atoms with Crippen molar-refractivity contribution >= 4 is 27.2 Å². The van der Waals surface area contributed by atoms with E-state index in [1.807, 2.05) is 12.1 Å². The molecule has 4 heteroatoms. The van der Waals surface area contributed by atoms with Crippen molar-refractivity contribution in [1.82, 2.24) is 15.0 Å². The van der Waals surface area contributed by atoms with Gasteiger partial charge in [-0.2, -0.15) is 0 Å². The molecule has 0 bridgehead atoms. The summed E-state index contributed by atoms with van der Waals surface area (Å²) in [6.07, 6.45) is 0. The molecule has 0 atom stereocenters. The number of hydrogen-bond acceptors (Lipinski definition) is 3. The van der Waals surface area contributed by atoms with E-state index in [0.717, 1.165) is 55.3 Å². The maximum Gasteiger partial charge on any atom is 0.195 e. The van der Waals surface area contributed by atoms with Crippen LogP contribution in [-0.2, 0) is 5.41 Å². The minimum absolute atomic E-state index is 0.569. The summed E-state index contributed by atoms with van der Waals surface area (Å²) in [6, 6.07) is 72.2. The van der Waals surface area contributed by atoms with Gasteiger partial charge < -0.3 is 0 Å². The van der Waals surface area contributed by atoms with Crippen LogP contribution < -0.4 is 0 Å². The van der Waals surface area contributed by atoms with Crippen LogP contribution in [-0.4, -0.2) is 15.0 Å². The molecule has 0 spiro atoms. The predicted molar refractivity (Wildman–Crippen MR) is 240 cm³/mol. The molecule has 1 aromatic heterocycles. The summed E-state index contributed by atoms with van der Waals surface area (Å²) in [5, 5.41) is 4.60. The highest BCUT2D eigenvalue weighted by molar-refractivity contribution is 5.95. The van der Waals surface area contributed by atoms with Crippen LogP contribution in [0.5, 0.6) is 0 Å². The first-order valence-electron chi connectivity index (χ1n) is 19.8. The van der Waals surface area contributed by atoms with Crippen LogP contribution in [0.25, 0.3) is 82.8 Å². The highest BCUT2D eigenvalue weighted by Gasteiger charge is 2.46. The summed E-state index contributed by atoms with van der Waals surface area (Å²) in [6.45, 7) is 8.24. The largest absolute Gasteiger partial charge is 0.238 e. The van der Waals surface area contributed by atoms with Gasteiger partial charge in [0.25, 0.3) is 0 Å². The van der Waals surface area contributed by atoms with Crippen LogP contribution >= 0.6 is 0 Å². The molecule has 1 aliphatic carbocycles. The summed E-state index contributed by atoms with van der Waals surface area (Å²) in [7, 11) is 0. The Balaban J connectivity index is 1.04. The van der Waals surface area contributed by atoms with Crippen LogP contribution in [0, 0.1) is 6.57 Å². The van der Waals surface area contributed by atoms with Crippen molar-refractivity contribution in [2.45, 2.75) is 5.41 Å². The van der Waals surface area contributed by atoms with Gasteiger partial charge in [0.05, 0.1) is 12.0 Å². The van der Waals surface area contributed by atoms with Gasteiger partial charge in [0, 0.05) is 16.7 Å². The Labute approximate surface area is 342 Å². The molecule has 274 valence electrons. The topological polar surface area (TPSA) is 43.0 Å². The second-order valence-electron chi connectivity index (χ2n) is 15.1. The van der Waals surface area contributed by atoms with Crippen LogP contribution in [0.4, 0.5) is 5.69 Å². The Bertz CT molecular complexity index is 3140. The lowest BCUT2D eigenvalue weighted by atomic mass is 9.67. The van der Waals surface area contributed by atoms with Gasteiger partial charge in [-0.15, -0.1) is 0 Å². The normalized spacial score (nSPS) is 12.5. The molecule has 0 aliphatic heterocycles. The molecular weight excluding hydrogens is 717 g/mol. The lowest BCUT2D eigenvalue weighted by molar-refractivity contribution is 0.769. The van der Waals surface area contributed by atoms with Gasteiger partial charge in [0.2, 0.25) is 0 Å². The second kappa shape index (κ2) is 13.9. The molecule has 1 heterocycles. The fraction of sp³-hybridized carbons (Fsp3) is 0.0182. The molecule has 1 aliphatic rings. The van der Waals surface area contributed by atoms with E-state index in [4.69, 9.17) is 21.5 Å². The lowest BCUT2D eigenvalue weighted by Crippen LogP contribution is -2.28. The van der Waals surface area contributed by atoms with E-state index in [-0.39, 0.29) is 0 Å². The number of aromatic nitrogens is 3. The predicted octanol–water partition coefficient (Wildman–Crippen LogP) is 13.8. The monoisotopic (exact) mass is 750 g/mol. The summed E-state index contributed by atoms with van der Waals surface area (Å²) in [4.78, 5) is 19.3. The van der Waals surface area contributed by atoms with Gasteiger partial charge in [-0.1, -0.05) is 188 Å². The summed E-state index contributed by atoms with van der Waals surface area (Å²) < 4.78 is 0. The zero-order chi connectivity index (χ0) is 39.3. The Morgan fingerprint density at radius 2 is 0.831 bits per heavy atom. The molecule has 0 amide bonds. The Morgan fingerprint density at radius 3 is 1.39 bits per heavy atom. The van der Waals surface area contributed by atoms with Crippen molar-refractivity contribution in [3.05, 3.63) is 240 Å². The van der Waals surface area contributed by atoms with Gasteiger partial charge in [0.15, 0.2) is 23.2 Å². The van der Waals surface area contributed by atoms with E-state index in [2.05, 4.69) is 199 Å². The van der Waals surface area contributed by atoms with Crippen molar-refractivity contribution in [2.75, 3.05) is 0 Å². The molecule has 0 saturated heterocycles. The van der Waals surface area contributed by atoms with Crippen molar-refractivity contribution < 1.29 is 0 Å². The zero-order valence-electron chi connectivity index (χ0n) is 31.9. The average molecular weight is 751 g/mol. The van der Waals surface area contributed by atoms with Crippen molar-refractivity contribution in [2.24, 2.45) is 0 Å². The fourth-order valence-electron chi connectivity index (χ4n) is 9.03. The molecule has 11 rings (SSSR count). The lowest BCUT2D eigenvalue weighted by Gasteiger charge is -2.34. The van der Waals surface area contributed by atoms with Crippen LogP contribution in [0.3, 0.4) is 0 Å². The van der Waals surface area contributed by atoms with Gasteiger partial charge in [0.1, 0.15) is 0 Å². The molecule has 0 radical (unpaired) electrons. The second-order valence-corrected chi connectivity index (χ2v) is 15.1. The first kappa shape index (κ1) is 34.3. The van der Waals surface area contributed by atoms with Crippen molar-refractivity contribution in [1.29, 1.82) is 0 Å². The Kier molecular flexibility index (Phi) is 8.06. The maximum absolute atomic E-state index is 8.24. The summed E-state index contributed by atoms with van der Waals surface area (Å²) >= 11 is 0. The van der Waals surface area contributed by atoms with E-state index in [9.17, 15) is 0 Å². The molecule has 4 nitrogen and oxygen atoms in total. The number of benzene rings is 9. The third-order valence-electron chi connectivity index (χ3n) is 11.8. The van der Waals surface area contributed by atoms with Gasteiger partial charge >= 0.3 is 0 Å². The summed E-state index contributed by atoms with van der Waals surface area (Å²) in [5.74, 6) is 1.86. The molecule has 0 N–H and O–H groups in total. The number of rotatable bonds is 6. The Morgan fingerprint density at radius 1 is 0.356 bits per heavy atom. The van der Waals surface area contributed by atoms with Crippen LogP contribution in [0.15, 0.2) is 206 Å². The quantitative estimate of drug-likeness (QED) is 0.159. The minimum Gasteiger partial charge on any atom is -0.238 e. The van der Waals surface area contributed by atoms with Gasteiger partial charge in [-0.25, -0.2) is 19.8 Å². The fourth-order valence-corrected chi connectivity index (χ4v) is 9.03. The third-order valence-corrected chi connectivity index (χ3v) is 11.8. The highest BCUT2D eigenvalue weighted by Crippen LogP contribution is 2.59. The average Bonchev–Trinajstić information content (AvgIpc) is 3.62. The van der Waals surface area contributed by atoms with E-state index in [0.29, 0.717) is 23.2 Å². The molecule has 0 saturated carbocycles. The number of nitrogens with zero attached hydrogens (tertiary/aromatic N) is 4. The Hall–Kier alpha value is -8.00. The number of hydrogen-bond donors (Lipinski definition) is 0.